The van der Waals surface area contributed by atoms with Gasteiger partial charge >= 0.3 is 0 Å². The molecule has 17 heavy (non-hydrogen) atoms. The first-order chi connectivity index (χ1) is 8.22. The zero-order valence-corrected chi connectivity index (χ0v) is 9.11. The van der Waals surface area contributed by atoms with E-state index in [0.29, 0.717) is 11.4 Å². The number of ether oxygens (including phenoxy) is 1. The first-order valence-electron chi connectivity index (χ1n) is 4.95. The standard InChI is InChI=1S/C11H10FN3O2/c1-7-4-11(14-13-7)17-10-3-2-8(6-12)5-9(10)15-16/h2-5H,6H2,1H3,(H,13,14). The van der Waals surface area contributed by atoms with E-state index >= 15 is 0 Å². The second-order valence-corrected chi connectivity index (χ2v) is 3.52. The van der Waals surface area contributed by atoms with E-state index in [1.165, 1.54) is 18.2 Å². The van der Waals surface area contributed by atoms with Crippen molar-refractivity contribution in [1.29, 1.82) is 0 Å². The highest BCUT2D eigenvalue weighted by Gasteiger charge is 2.08. The number of nitrogens with zero attached hydrogens (tertiary/aromatic N) is 2. The van der Waals surface area contributed by atoms with Crippen LogP contribution >= 0.6 is 0 Å². The van der Waals surface area contributed by atoms with Crippen LogP contribution in [0.2, 0.25) is 0 Å². The number of alkyl halides is 1. The topological polar surface area (TPSA) is 67.3 Å². The molecule has 1 heterocycles. The Bertz CT molecular complexity index is 539. The van der Waals surface area contributed by atoms with Crippen LogP contribution in [0.4, 0.5) is 10.1 Å². The van der Waals surface area contributed by atoms with Crippen molar-refractivity contribution in [3.63, 3.8) is 0 Å². The number of halogens is 1. The molecule has 0 amide bonds. The Morgan fingerprint density at radius 1 is 1.47 bits per heavy atom. The number of hydrogen-bond donors (Lipinski definition) is 1. The van der Waals surface area contributed by atoms with E-state index in [1.54, 1.807) is 6.07 Å². The highest BCUT2D eigenvalue weighted by atomic mass is 19.1. The monoisotopic (exact) mass is 235 g/mol. The number of rotatable bonds is 4. The Kier molecular flexibility index (Phi) is 3.13. The molecule has 0 spiro atoms. The number of nitroso groups, excluding NO2 is 1. The second kappa shape index (κ2) is 4.73. The molecule has 88 valence electrons. The van der Waals surface area contributed by atoms with Crippen LogP contribution in [0.25, 0.3) is 0 Å². The fraction of sp³-hybridized carbons (Fsp3) is 0.182. The zero-order valence-electron chi connectivity index (χ0n) is 9.11. The van der Waals surface area contributed by atoms with Gasteiger partial charge in [-0.15, -0.1) is 10.0 Å². The summed E-state index contributed by atoms with van der Waals surface area (Å²) in [6, 6.07) is 6.05. The van der Waals surface area contributed by atoms with Crippen molar-refractivity contribution in [3.8, 4) is 11.6 Å². The summed E-state index contributed by atoms with van der Waals surface area (Å²) in [5.74, 6) is 0.587. The maximum atomic E-state index is 12.4. The van der Waals surface area contributed by atoms with E-state index < -0.39 is 6.67 Å². The molecular formula is C11H10FN3O2. The largest absolute Gasteiger partial charge is 0.435 e. The Hall–Kier alpha value is -2.24. The van der Waals surface area contributed by atoms with Gasteiger partial charge in [-0.3, -0.25) is 5.10 Å². The van der Waals surface area contributed by atoms with E-state index in [9.17, 15) is 9.30 Å². The van der Waals surface area contributed by atoms with E-state index in [4.69, 9.17) is 4.74 Å². The summed E-state index contributed by atoms with van der Waals surface area (Å²) >= 11 is 0. The van der Waals surface area contributed by atoms with Gasteiger partial charge in [0.15, 0.2) is 11.4 Å². The molecule has 2 rings (SSSR count). The second-order valence-electron chi connectivity index (χ2n) is 3.52. The summed E-state index contributed by atoms with van der Waals surface area (Å²) in [5, 5.41) is 9.37. The predicted octanol–water partition coefficient (Wildman–Crippen LogP) is 3.38. The molecule has 0 aliphatic heterocycles. The van der Waals surface area contributed by atoms with Crippen molar-refractivity contribution < 1.29 is 9.13 Å². The summed E-state index contributed by atoms with van der Waals surface area (Å²) in [4.78, 5) is 10.6. The molecule has 2 aromatic rings. The molecule has 1 aromatic heterocycles. The summed E-state index contributed by atoms with van der Waals surface area (Å²) in [7, 11) is 0. The van der Waals surface area contributed by atoms with Gasteiger partial charge in [0, 0.05) is 11.8 Å². The molecule has 6 heteroatoms. The minimum Gasteiger partial charge on any atom is -0.435 e. The number of hydrogen-bond acceptors (Lipinski definition) is 4. The molecule has 0 atom stereocenters. The number of aromatic amines is 1. The normalized spacial score (nSPS) is 10.2. The fourth-order valence-corrected chi connectivity index (χ4v) is 1.36. The van der Waals surface area contributed by atoms with Gasteiger partial charge in [-0.05, 0) is 29.8 Å². The van der Waals surface area contributed by atoms with Gasteiger partial charge < -0.3 is 4.74 Å². The van der Waals surface area contributed by atoms with Gasteiger partial charge in [-0.25, -0.2) is 4.39 Å². The lowest BCUT2D eigenvalue weighted by atomic mass is 10.2. The van der Waals surface area contributed by atoms with Crippen molar-refractivity contribution in [2.24, 2.45) is 5.18 Å². The predicted molar refractivity (Wildman–Crippen MR) is 60.1 cm³/mol. The van der Waals surface area contributed by atoms with Crippen molar-refractivity contribution in [1.82, 2.24) is 10.2 Å². The van der Waals surface area contributed by atoms with E-state index in [-0.39, 0.29) is 11.4 Å². The molecule has 0 unspecified atom stereocenters. The van der Waals surface area contributed by atoms with Crippen LogP contribution in [0, 0.1) is 11.8 Å². The molecule has 0 bridgehead atoms. The lowest BCUT2D eigenvalue weighted by molar-refractivity contribution is 0.460. The van der Waals surface area contributed by atoms with Gasteiger partial charge in [0.05, 0.1) is 0 Å². The third-order valence-electron chi connectivity index (χ3n) is 2.17. The maximum Gasteiger partial charge on any atom is 0.238 e. The van der Waals surface area contributed by atoms with Crippen LogP contribution in [0.1, 0.15) is 11.3 Å². The number of H-pyrrole nitrogens is 1. The maximum absolute atomic E-state index is 12.4. The van der Waals surface area contributed by atoms with Crippen LogP contribution in [0.5, 0.6) is 11.6 Å². The summed E-state index contributed by atoms with van der Waals surface area (Å²) in [6.45, 7) is 1.18. The summed E-state index contributed by atoms with van der Waals surface area (Å²) < 4.78 is 17.8. The lowest BCUT2D eigenvalue weighted by Gasteiger charge is -2.04. The Morgan fingerprint density at radius 2 is 2.29 bits per heavy atom. The third-order valence-corrected chi connectivity index (χ3v) is 2.17. The molecule has 0 aliphatic rings. The van der Waals surface area contributed by atoms with Crippen LogP contribution in [0.3, 0.4) is 0 Å². The van der Waals surface area contributed by atoms with Crippen molar-refractivity contribution in [2.75, 3.05) is 0 Å². The third kappa shape index (κ3) is 2.47. The zero-order chi connectivity index (χ0) is 12.3. The molecule has 0 saturated heterocycles. The Morgan fingerprint density at radius 3 is 2.88 bits per heavy atom. The molecule has 0 fully saturated rings. The van der Waals surface area contributed by atoms with E-state index in [2.05, 4.69) is 15.4 Å². The van der Waals surface area contributed by atoms with Crippen LogP contribution in [-0.4, -0.2) is 10.2 Å². The quantitative estimate of drug-likeness (QED) is 0.826. The van der Waals surface area contributed by atoms with Gasteiger partial charge in [0.2, 0.25) is 5.88 Å². The van der Waals surface area contributed by atoms with Gasteiger partial charge in [0.25, 0.3) is 0 Å². The van der Waals surface area contributed by atoms with Crippen molar-refractivity contribution in [3.05, 3.63) is 40.4 Å². The molecule has 0 saturated carbocycles. The van der Waals surface area contributed by atoms with Crippen molar-refractivity contribution >= 4 is 5.69 Å². The molecule has 0 aliphatic carbocycles. The highest BCUT2D eigenvalue weighted by molar-refractivity contribution is 5.54. The molecule has 5 nitrogen and oxygen atoms in total. The van der Waals surface area contributed by atoms with Gasteiger partial charge in [-0.1, -0.05) is 6.07 Å². The van der Waals surface area contributed by atoms with Crippen LogP contribution in [0.15, 0.2) is 29.4 Å². The summed E-state index contributed by atoms with van der Waals surface area (Å²) in [5.41, 5.74) is 1.27. The SMILES string of the molecule is Cc1cc(Oc2ccc(CF)cc2N=O)n[nH]1. The molecule has 0 radical (unpaired) electrons. The summed E-state index contributed by atoms with van der Waals surface area (Å²) in [6.07, 6.45) is 0. The molecule has 1 aromatic carbocycles. The fourth-order valence-electron chi connectivity index (χ4n) is 1.36. The minimum absolute atomic E-state index is 0.0563. The number of aryl methyl sites for hydroxylation is 1. The minimum atomic E-state index is -0.648. The Balaban J connectivity index is 2.29. The number of nitrogens with one attached hydrogen (secondary N) is 1. The number of benzene rings is 1. The van der Waals surface area contributed by atoms with Crippen LogP contribution < -0.4 is 4.74 Å². The van der Waals surface area contributed by atoms with Gasteiger partial charge in [-0.2, -0.15) is 0 Å². The van der Waals surface area contributed by atoms with Crippen molar-refractivity contribution in [2.45, 2.75) is 13.6 Å². The molecule has 1 N–H and O–H groups in total. The first kappa shape index (κ1) is 11.3. The average Bonchev–Trinajstić information content (AvgIpc) is 2.75. The van der Waals surface area contributed by atoms with E-state index in [0.717, 1.165) is 5.69 Å². The Labute approximate surface area is 96.6 Å². The first-order valence-corrected chi connectivity index (χ1v) is 4.95. The lowest BCUT2D eigenvalue weighted by Crippen LogP contribution is -1.86. The highest BCUT2D eigenvalue weighted by Crippen LogP contribution is 2.32. The van der Waals surface area contributed by atoms with Crippen LogP contribution in [-0.2, 0) is 6.67 Å². The van der Waals surface area contributed by atoms with E-state index in [1.807, 2.05) is 6.92 Å². The number of aromatic nitrogens is 2. The molecular weight excluding hydrogens is 225 g/mol. The smallest absolute Gasteiger partial charge is 0.238 e. The van der Waals surface area contributed by atoms with Gasteiger partial charge in [0.1, 0.15) is 6.67 Å². The average molecular weight is 235 g/mol.